The lowest BCUT2D eigenvalue weighted by Gasteiger charge is -2.14. The summed E-state index contributed by atoms with van der Waals surface area (Å²) in [4.78, 5) is 11.9. The Hall–Kier alpha value is -2.10. The number of hydrogen-bond acceptors (Lipinski definition) is 3. The van der Waals surface area contributed by atoms with E-state index < -0.39 is 0 Å². The minimum atomic E-state index is -0.294. The Morgan fingerprint density at radius 3 is 2.50 bits per heavy atom. The molecule has 0 radical (unpaired) electrons. The van der Waals surface area contributed by atoms with Gasteiger partial charge in [-0.25, -0.2) is 9.48 Å². The maximum atomic E-state index is 11.9. The molecule has 2 aliphatic carbocycles. The zero-order chi connectivity index (χ0) is 15.1. The quantitative estimate of drug-likeness (QED) is 0.818. The fourth-order valence-electron chi connectivity index (χ4n) is 3.83. The minimum absolute atomic E-state index is 0.294. The molecule has 0 aliphatic heterocycles. The zero-order valence-corrected chi connectivity index (χ0v) is 12.9. The molecular formula is C18H20N2O2. The van der Waals surface area contributed by atoms with Gasteiger partial charge in [0.25, 0.3) is 0 Å². The van der Waals surface area contributed by atoms with Crippen LogP contribution in [0.5, 0.6) is 0 Å². The minimum Gasteiger partial charge on any atom is -0.462 e. The van der Waals surface area contributed by atoms with Crippen LogP contribution in [0.25, 0.3) is 5.69 Å². The van der Waals surface area contributed by atoms with Gasteiger partial charge >= 0.3 is 5.97 Å². The van der Waals surface area contributed by atoms with Crippen molar-refractivity contribution in [3.05, 3.63) is 46.3 Å². The first kappa shape index (κ1) is 13.6. The summed E-state index contributed by atoms with van der Waals surface area (Å²) in [5.41, 5.74) is 7.58. The third kappa shape index (κ3) is 2.05. The molecule has 4 rings (SSSR count). The summed E-state index contributed by atoms with van der Waals surface area (Å²) < 4.78 is 6.97. The smallest absolute Gasteiger partial charge is 0.341 e. The van der Waals surface area contributed by atoms with E-state index in [1.165, 1.54) is 53.6 Å². The second-order valence-electron chi connectivity index (χ2n) is 6.10. The van der Waals surface area contributed by atoms with Crippen LogP contribution in [0.3, 0.4) is 0 Å². The molecular weight excluding hydrogens is 276 g/mol. The predicted molar refractivity (Wildman–Crippen MR) is 83.6 cm³/mol. The second kappa shape index (κ2) is 5.27. The Morgan fingerprint density at radius 1 is 1.18 bits per heavy atom. The van der Waals surface area contributed by atoms with Gasteiger partial charge in [-0.15, -0.1) is 0 Å². The van der Waals surface area contributed by atoms with Crippen molar-refractivity contribution < 1.29 is 9.53 Å². The molecule has 0 saturated heterocycles. The van der Waals surface area contributed by atoms with Gasteiger partial charge in [0.15, 0.2) is 0 Å². The molecule has 2 aromatic rings. The summed E-state index contributed by atoms with van der Waals surface area (Å²) in [6.07, 6.45) is 10.5. The highest BCUT2D eigenvalue weighted by Gasteiger charge is 2.25. The summed E-state index contributed by atoms with van der Waals surface area (Å²) in [5.74, 6) is -0.294. The molecule has 22 heavy (non-hydrogen) atoms. The Balaban J connectivity index is 1.82. The third-order valence-corrected chi connectivity index (χ3v) is 4.76. The topological polar surface area (TPSA) is 44.1 Å². The van der Waals surface area contributed by atoms with Crippen molar-refractivity contribution in [2.75, 3.05) is 6.61 Å². The molecule has 0 unspecified atom stereocenters. The Kier molecular flexibility index (Phi) is 3.25. The monoisotopic (exact) mass is 296 g/mol. The highest BCUT2D eigenvalue weighted by Crippen LogP contribution is 2.37. The van der Waals surface area contributed by atoms with Gasteiger partial charge in [-0.05, 0) is 67.7 Å². The number of carbonyl (C=O) groups is 1. The van der Waals surface area contributed by atoms with E-state index in [0.29, 0.717) is 12.2 Å². The molecule has 4 heteroatoms. The normalized spacial score (nSPS) is 15.7. The van der Waals surface area contributed by atoms with E-state index in [4.69, 9.17) is 4.74 Å². The van der Waals surface area contributed by atoms with E-state index in [1.54, 1.807) is 6.20 Å². The van der Waals surface area contributed by atoms with Crippen molar-refractivity contribution in [3.63, 3.8) is 0 Å². The van der Waals surface area contributed by atoms with Crippen LogP contribution in [-0.4, -0.2) is 22.4 Å². The van der Waals surface area contributed by atoms with Gasteiger partial charge in [0.1, 0.15) is 0 Å². The lowest BCUT2D eigenvalue weighted by atomic mass is 9.99. The maximum Gasteiger partial charge on any atom is 0.341 e. The molecule has 0 atom stereocenters. The van der Waals surface area contributed by atoms with Crippen LogP contribution in [0.15, 0.2) is 18.5 Å². The first-order valence-corrected chi connectivity index (χ1v) is 8.16. The van der Waals surface area contributed by atoms with Crippen molar-refractivity contribution >= 4 is 5.97 Å². The van der Waals surface area contributed by atoms with E-state index >= 15 is 0 Å². The van der Waals surface area contributed by atoms with E-state index in [2.05, 4.69) is 11.2 Å². The van der Waals surface area contributed by atoms with Crippen molar-refractivity contribution in [2.45, 2.75) is 45.4 Å². The number of aryl methyl sites for hydroxylation is 2. The largest absolute Gasteiger partial charge is 0.462 e. The first-order valence-electron chi connectivity index (χ1n) is 8.16. The van der Waals surface area contributed by atoms with Crippen LogP contribution in [0.2, 0.25) is 0 Å². The summed E-state index contributed by atoms with van der Waals surface area (Å²) in [6.45, 7) is 2.21. The van der Waals surface area contributed by atoms with Crippen LogP contribution in [0, 0.1) is 0 Å². The lowest BCUT2D eigenvalue weighted by Crippen LogP contribution is -2.06. The van der Waals surface area contributed by atoms with Crippen molar-refractivity contribution in [2.24, 2.45) is 0 Å². The summed E-state index contributed by atoms with van der Waals surface area (Å²) in [6, 6.07) is 2.41. The number of ether oxygens (including phenoxy) is 1. The standard InChI is InChI=1S/C18H20N2O2/c1-2-22-18(21)14-10-19-20(11-14)17-15-7-3-5-12(15)9-13-6-4-8-16(13)17/h9-11H,2-8H2,1H3. The third-order valence-electron chi connectivity index (χ3n) is 4.76. The Morgan fingerprint density at radius 2 is 1.86 bits per heavy atom. The summed E-state index contributed by atoms with van der Waals surface area (Å²) in [7, 11) is 0. The average molecular weight is 296 g/mol. The van der Waals surface area contributed by atoms with Crippen LogP contribution in [-0.2, 0) is 30.4 Å². The summed E-state index contributed by atoms with van der Waals surface area (Å²) >= 11 is 0. The number of esters is 1. The fraction of sp³-hybridized carbons (Fsp3) is 0.444. The van der Waals surface area contributed by atoms with Gasteiger partial charge in [-0.1, -0.05) is 6.07 Å². The van der Waals surface area contributed by atoms with Crippen LogP contribution in [0.1, 0.15) is 52.4 Å². The maximum absolute atomic E-state index is 11.9. The van der Waals surface area contributed by atoms with Gasteiger partial charge in [-0.3, -0.25) is 0 Å². The molecule has 0 saturated carbocycles. The van der Waals surface area contributed by atoms with Gasteiger partial charge < -0.3 is 4.74 Å². The average Bonchev–Trinajstić information content (AvgIpc) is 3.24. The van der Waals surface area contributed by atoms with E-state index in [0.717, 1.165) is 12.8 Å². The molecule has 4 nitrogen and oxygen atoms in total. The number of hydrogen-bond donors (Lipinski definition) is 0. The lowest BCUT2D eigenvalue weighted by molar-refractivity contribution is 0.0526. The van der Waals surface area contributed by atoms with Gasteiger partial charge in [0.2, 0.25) is 0 Å². The SMILES string of the molecule is CCOC(=O)c1cnn(-c2c3c(cc4c2CCC4)CCC3)c1. The van der Waals surface area contributed by atoms with Gasteiger partial charge in [-0.2, -0.15) is 5.10 Å². The van der Waals surface area contributed by atoms with E-state index in [9.17, 15) is 4.79 Å². The Labute approximate surface area is 130 Å². The molecule has 1 heterocycles. The first-order chi connectivity index (χ1) is 10.8. The second-order valence-corrected chi connectivity index (χ2v) is 6.10. The van der Waals surface area contributed by atoms with Gasteiger partial charge in [0, 0.05) is 6.20 Å². The molecule has 0 fully saturated rings. The molecule has 0 amide bonds. The van der Waals surface area contributed by atoms with Crippen molar-refractivity contribution in [1.82, 2.24) is 9.78 Å². The van der Waals surface area contributed by atoms with Gasteiger partial charge in [0.05, 0.1) is 24.1 Å². The zero-order valence-electron chi connectivity index (χ0n) is 12.9. The number of aromatic nitrogens is 2. The summed E-state index contributed by atoms with van der Waals surface area (Å²) in [5, 5.41) is 4.46. The molecule has 1 aromatic heterocycles. The molecule has 2 aliphatic rings. The molecule has 114 valence electrons. The Bertz CT molecular complexity index is 714. The molecule has 0 N–H and O–H groups in total. The predicted octanol–water partition coefficient (Wildman–Crippen LogP) is 3.03. The molecule has 1 aromatic carbocycles. The number of rotatable bonds is 3. The highest BCUT2D eigenvalue weighted by molar-refractivity contribution is 5.88. The number of benzene rings is 1. The van der Waals surface area contributed by atoms with Crippen LogP contribution < -0.4 is 0 Å². The molecule has 0 spiro atoms. The highest BCUT2D eigenvalue weighted by atomic mass is 16.5. The van der Waals surface area contributed by atoms with Crippen LogP contribution >= 0.6 is 0 Å². The van der Waals surface area contributed by atoms with E-state index in [1.807, 2.05) is 17.8 Å². The molecule has 0 bridgehead atoms. The number of carbonyl (C=O) groups excluding carboxylic acids is 1. The van der Waals surface area contributed by atoms with E-state index in [-0.39, 0.29) is 5.97 Å². The van der Waals surface area contributed by atoms with Crippen LogP contribution in [0.4, 0.5) is 0 Å². The van der Waals surface area contributed by atoms with Crippen molar-refractivity contribution in [3.8, 4) is 5.69 Å². The number of fused-ring (bicyclic) bond motifs is 2. The fourth-order valence-corrected chi connectivity index (χ4v) is 3.83. The number of nitrogens with zero attached hydrogens (tertiary/aromatic N) is 2. The van der Waals surface area contributed by atoms with Crippen molar-refractivity contribution in [1.29, 1.82) is 0 Å².